The van der Waals surface area contributed by atoms with E-state index < -0.39 is 23.5 Å². The van der Waals surface area contributed by atoms with Crippen molar-refractivity contribution in [3.8, 4) is 0 Å². The molecule has 0 fully saturated rings. The van der Waals surface area contributed by atoms with E-state index in [-0.39, 0.29) is 17.7 Å². The van der Waals surface area contributed by atoms with Crippen LogP contribution in [0.15, 0.2) is 18.2 Å². The van der Waals surface area contributed by atoms with E-state index >= 15 is 0 Å². The maximum atomic E-state index is 12.1. The fraction of sp³-hybridized carbons (Fsp3) is 0.640. The van der Waals surface area contributed by atoms with Crippen LogP contribution in [0.2, 0.25) is 0 Å². The van der Waals surface area contributed by atoms with Crippen LogP contribution in [0.3, 0.4) is 0 Å². The summed E-state index contributed by atoms with van der Waals surface area (Å²) in [5.41, 5.74) is -0.720. The molecule has 0 atom stereocenters. The Balaban J connectivity index is 2.08. The zero-order valence-electron chi connectivity index (χ0n) is 18.9. The minimum atomic E-state index is -1.39. The molecule has 0 unspecified atom stereocenters. The number of rotatable bonds is 18. The van der Waals surface area contributed by atoms with Crippen molar-refractivity contribution in [2.24, 2.45) is 0 Å². The number of benzene rings is 1. The molecule has 0 saturated carbocycles. The van der Waals surface area contributed by atoms with Gasteiger partial charge in [-0.3, -0.25) is 0 Å². The van der Waals surface area contributed by atoms with Gasteiger partial charge in [0.15, 0.2) is 0 Å². The molecule has 0 aromatic heterocycles. The summed E-state index contributed by atoms with van der Waals surface area (Å²) in [7, 11) is 0. The normalized spacial score (nSPS) is 10.7. The Bertz CT molecular complexity index is 683. The molecular weight excluding hydrogens is 396 g/mol. The van der Waals surface area contributed by atoms with Gasteiger partial charge in [0.25, 0.3) is 0 Å². The van der Waals surface area contributed by atoms with E-state index in [1.807, 2.05) is 0 Å². The van der Waals surface area contributed by atoms with Crippen LogP contribution in [0.4, 0.5) is 0 Å². The van der Waals surface area contributed by atoms with Crippen molar-refractivity contribution >= 4 is 17.9 Å². The van der Waals surface area contributed by atoms with Gasteiger partial charge in [-0.1, -0.05) is 90.4 Å². The van der Waals surface area contributed by atoms with Crippen LogP contribution in [0, 0.1) is 0 Å². The van der Waals surface area contributed by atoms with Gasteiger partial charge >= 0.3 is 17.9 Å². The molecule has 0 saturated heterocycles. The minimum Gasteiger partial charge on any atom is -0.478 e. The first kappa shape index (κ1) is 26.7. The minimum absolute atomic E-state index is 0.0489. The molecule has 0 aliphatic rings. The Morgan fingerprint density at radius 3 is 1.58 bits per heavy atom. The molecule has 0 spiro atoms. The highest BCUT2D eigenvalue weighted by Crippen LogP contribution is 2.15. The van der Waals surface area contributed by atoms with E-state index in [1.165, 1.54) is 76.7 Å². The molecule has 0 amide bonds. The maximum Gasteiger partial charge on any atom is 0.338 e. The predicted octanol–water partition coefficient (Wildman–Crippen LogP) is 6.72. The number of carbonyl (C=O) groups excluding carboxylic acids is 1. The number of carbonyl (C=O) groups is 3. The number of unbranched alkanes of at least 4 members (excludes halogenated alkanes) is 13. The summed E-state index contributed by atoms with van der Waals surface area (Å²) in [6, 6.07) is 3.46. The first-order valence-corrected chi connectivity index (χ1v) is 11.7. The number of carboxylic acid groups (broad SMARTS) is 2. The van der Waals surface area contributed by atoms with E-state index in [0.29, 0.717) is 0 Å². The van der Waals surface area contributed by atoms with Crippen LogP contribution >= 0.6 is 0 Å². The Kier molecular flexibility index (Phi) is 14.1. The van der Waals surface area contributed by atoms with Crippen LogP contribution in [0.25, 0.3) is 0 Å². The van der Waals surface area contributed by atoms with Crippen molar-refractivity contribution in [3.05, 3.63) is 34.9 Å². The summed E-state index contributed by atoms with van der Waals surface area (Å²) >= 11 is 0. The third-order valence-corrected chi connectivity index (χ3v) is 5.45. The average Bonchev–Trinajstić information content (AvgIpc) is 2.75. The van der Waals surface area contributed by atoms with Crippen LogP contribution < -0.4 is 0 Å². The molecule has 6 nitrogen and oxygen atoms in total. The lowest BCUT2D eigenvalue weighted by Crippen LogP contribution is -2.12. The molecule has 0 aliphatic carbocycles. The molecule has 31 heavy (non-hydrogen) atoms. The number of ether oxygens (including phenoxy) is 1. The van der Waals surface area contributed by atoms with Crippen molar-refractivity contribution in [1.82, 2.24) is 0 Å². The number of esters is 1. The molecular formula is C25H38O6. The summed E-state index contributed by atoms with van der Waals surface area (Å²) < 4.78 is 5.19. The van der Waals surface area contributed by atoms with Gasteiger partial charge in [0.1, 0.15) is 0 Å². The van der Waals surface area contributed by atoms with Gasteiger partial charge in [0.2, 0.25) is 0 Å². The standard InChI is InChI=1S/C25H38O6/c1-2-3-4-5-6-7-8-9-10-11-12-13-14-15-18-31-25(30)20-16-17-21(23(26)27)22(19-20)24(28)29/h16-17,19H,2-15,18H2,1H3,(H,26,27)(H,28,29). The molecule has 0 aliphatic heterocycles. The summed E-state index contributed by atoms with van der Waals surface area (Å²) in [4.78, 5) is 34.3. The largest absolute Gasteiger partial charge is 0.478 e. The van der Waals surface area contributed by atoms with Gasteiger partial charge in [-0.2, -0.15) is 0 Å². The second kappa shape index (κ2) is 16.3. The average molecular weight is 435 g/mol. The second-order valence-electron chi connectivity index (χ2n) is 8.10. The highest BCUT2D eigenvalue weighted by molar-refractivity contribution is 6.03. The van der Waals surface area contributed by atoms with Crippen LogP contribution in [0.5, 0.6) is 0 Å². The number of aromatic carboxylic acids is 2. The lowest BCUT2D eigenvalue weighted by molar-refractivity contribution is 0.0496. The Morgan fingerprint density at radius 1 is 0.677 bits per heavy atom. The highest BCUT2D eigenvalue weighted by Gasteiger charge is 2.19. The van der Waals surface area contributed by atoms with Gasteiger partial charge in [0, 0.05) is 0 Å². The van der Waals surface area contributed by atoms with E-state index in [0.717, 1.165) is 31.4 Å². The maximum absolute atomic E-state index is 12.1. The van der Waals surface area contributed by atoms with Crippen LogP contribution in [-0.4, -0.2) is 34.7 Å². The molecule has 0 radical (unpaired) electrons. The lowest BCUT2D eigenvalue weighted by Gasteiger charge is -2.07. The number of carboxylic acids is 2. The van der Waals surface area contributed by atoms with Gasteiger partial charge in [-0.05, 0) is 24.6 Å². The number of hydrogen-bond donors (Lipinski definition) is 2. The molecule has 2 N–H and O–H groups in total. The Morgan fingerprint density at radius 2 is 1.13 bits per heavy atom. The van der Waals surface area contributed by atoms with Crippen LogP contribution in [0.1, 0.15) is 128 Å². The molecule has 1 aromatic carbocycles. The summed E-state index contributed by atoms with van der Waals surface area (Å²) in [6.07, 6.45) is 17.5. The van der Waals surface area contributed by atoms with Gasteiger partial charge < -0.3 is 14.9 Å². The summed E-state index contributed by atoms with van der Waals surface area (Å²) in [5.74, 6) is -3.37. The van der Waals surface area contributed by atoms with Crippen molar-refractivity contribution in [1.29, 1.82) is 0 Å². The molecule has 6 heteroatoms. The van der Waals surface area contributed by atoms with Crippen molar-refractivity contribution in [2.45, 2.75) is 96.8 Å². The molecule has 1 rings (SSSR count). The third kappa shape index (κ3) is 11.6. The first-order chi connectivity index (χ1) is 15.0. The smallest absolute Gasteiger partial charge is 0.338 e. The van der Waals surface area contributed by atoms with E-state index in [1.54, 1.807) is 0 Å². The second-order valence-corrected chi connectivity index (χ2v) is 8.10. The van der Waals surface area contributed by atoms with Gasteiger partial charge in [-0.25, -0.2) is 14.4 Å². The van der Waals surface area contributed by atoms with Crippen molar-refractivity contribution in [3.63, 3.8) is 0 Å². The van der Waals surface area contributed by atoms with E-state index in [2.05, 4.69) is 6.92 Å². The number of hydrogen-bond acceptors (Lipinski definition) is 4. The predicted molar refractivity (Wildman–Crippen MR) is 121 cm³/mol. The molecule has 174 valence electrons. The summed E-state index contributed by atoms with van der Waals surface area (Å²) in [5, 5.41) is 18.1. The third-order valence-electron chi connectivity index (χ3n) is 5.45. The first-order valence-electron chi connectivity index (χ1n) is 11.7. The topological polar surface area (TPSA) is 101 Å². The summed E-state index contributed by atoms with van der Waals surface area (Å²) in [6.45, 7) is 2.52. The quantitative estimate of drug-likeness (QED) is 0.196. The zero-order chi connectivity index (χ0) is 22.9. The van der Waals surface area contributed by atoms with E-state index in [9.17, 15) is 14.4 Å². The zero-order valence-corrected chi connectivity index (χ0v) is 18.9. The lowest BCUT2D eigenvalue weighted by atomic mass is 10.0. The SMILES string of the molecule is CCCCCCCCCCCCCCCCOC(=O)c1ccc(C(=O)O)c(C(=O)O)c1. The highest BCUT2D eigenvalue weighted by atomic mass is 16.5. The Hall–Kier alpha value is -2.37. The van der Waals surface area contributed by atoms with Crippen molar-refractivity contribution < 1.29 is 29.3 Å². The molecule has 1 aromatic rings. The van der Waals surface area contributed by atoms with Crippen LogP contribution in [-0.2, 0) is 4.74 Å². The Labute approximate surface area is 186 Å². The van der Waals surface area contributed by atoms with Gasteiger partial charge in [-0.15, -0.1) is 0 Å². The fourth-order valence-electron chi connectivity index (χ4n) is 3.58. The van der Waals surface area contributed by atoms with E-state index in [4.69, 9.17) is 14.9 Å². The monoisotopic (exact) mass is 434 g/mol. The van der Waals surface area contributed by atoms with Gasteiger partial charge in [0.05, 0.1) is 23.3 Å². The molecule has 0 heterocycles. The fourth-order valence-corrected chi connectivity index (χ4v) is 3.58. The van der Waals surface area contributed by atoms with Crippen molar-refractivity contribution in [2.75, 3.05) is 6.61 Å². The molecule has 0 bridgehead atoms.